The molecule has 3 N–H and O–H groups in total. The highest BCUT2D eigenvalue weighted by molar-refractivity contribution is 5.93. The number of rotatable bonds is 2. The number of hydrogen-bond donors (Lipinski definition) is 2. The lowest BCUT2D eigenvalue weighted by Gasteiger charge is -2.65. The Kier molecular flexibility index (Phi) is 3.29. The third-order valence-corrected chi connectivity index (χ3v) is 5.84. The molecule has 1 saturated carbocycles. The van der Waals surface area contributed by atoms with Gasteiger partial charge in [0.15, 0.2) is 0 Å². The Morgan fingerprint density at radius 2 is 2.00 bits per heavy atom. The van der Waals surface area contributed by atoms with Gasteiger partial charge < -0.3 is 20.5 Å². The second-order valence-electron chi connectivity index (χ2n) is 7.13. The Bertz CT molecular complexity index is 478. The van der Waals surface area contributed by atoms with Gasteiger partial charge in [-0.2, -0.15) is 0 Å². The van der Waals surface area contributed by atoms with E-state index in [9.17, 15) is 14.7 Å². The highest BCUT2D eigenvalue weighted by Crippen LogP contribution is 2.58. The van der Waals surface area contributed by atoms with E-state index in [1.807, 2.05) is 13.8 Å². The zero-order valence-corrected chi connectivity index (χ0v) is 12.7. The molecule has 6 nitrogen and oxygen atoms in total. The highest BCUT2D eigenvalue weighted by atomic mass is 16.5. The van der Waals surface area contributed by atoms with Crippen LogP contribution in [0.4, 0.5) is 0 Å². The maximum Gasteiger partial charge on any atom is 0.326 e. The number of ether oxygens (including phenoxy) is 1. The van der Waals surface area contributed by atoms with Gasteiger partial charge in [-0.1, -0.05) is 13.8 Å². The molecule has 2 saturated heterocycles. The van der Waals surface area contributed by atoms with Crippen LogP contribution in [-0.4, -0.2) is 52.7 Å². The molecule has 21 heavy (non-hydrogen) atoms. The number of carbonyl (C=O) groups excluding carboxylic acids is 1. The van der Waals surface area contributed by atoms with Crippen LogP contribution in [0.25, 0.3) is 0 Å². The number of fused-ring (bicyclic) bond motifs is 1. The van der Waals surface area contributed by atoms with Gasteiger partial charge >= 0.3 is 5.97 Å². The van der Waals surface area contributed by atoms with Gasteiger partial charge in [0.05, 0.1) is 6.10 Å². The van der Waals surface area contributed by atoms with Gasteiger partial charge in [-0.15, -0.1) is 0 Å². The van der Waals surface area contributed by atoms with Crippen LogP contribution >= 0.6 is 0 Å². The first kappa shape index (κ1) is 14.8. The summed E-state index contributed by atoms with van der Waals surface area (Å²) in [4.78, 5) is 25.8. The topological polar surface area (TPSA) is 92.9 Å². The predicted octanol–water partition coefficient (Wildman–Crippen LogP) is 0.595. The number of amides is 1. The molecule has 0 aromatic heterocycles. The average Bonchev–Trinajstić information content (AvgIpc) is 2.95. The fourth-order valence-corrected chi connectivity index (χ4v) is 4.51. The van der Waals surface area contributed by atoms with Crippen LogP contribution in [-0.2, 0) is 14.3 Å². The van der Waals surface area contributed by atoms with Gasteiger partial charge in [-0.25, -0.2) is 4.79 Å². The summed E-state index contributed by atoms with van der Waals surface area (Å²) < 4.78 is 5.81. The molecular weight excluding hydrogens is 272 g/mol. The van der Waals surface area contributed by atoms with Gasteiger partial charge in [-0.05, 0) is 25.7 Å². The first-order valence-corrected chi connectivity index (χ1v) is 7.76. The Hall–Kier alpha value is -1.14. The van der Waals surface area contributed by atoms with Crippen LogP contribution < -0.4 is 5.73 Å². The largest absolute Gasteiger partial charge is 0.480 e. The molecule has 0 aromatic rings. The average molecular weight is 296 g/mol. The number of nitrogens with zero attached hydrogens (tertiary/aromatic N) is 1. The minimum absolute atomic E-state index is 0.00351. The Balaban J connectivity index is 1.87. The lowest BCUT2D eigenvalue weighted by atomic mass is 9.46. The summed E-state index contributed by atoms with van der Waals surface area (Å²) in [5.74, 6) is -1.13. The number of nitrogens with two attached hydrogens (primary N) is 1. The highest BCUT2D eigenvalue weighted by Gasteiger charge is 2.71. The number of aliphatic carboxylic acids is 1. The predicted molar refractivity (Wildman–Crippen MR) is 75.5 cm³/mol. The molecule has 0 aromatic carbocycles. The third kappa shape index (κ3) is 1.78. The minimum atomic E-state index is -1.00. The van der Waals surface area contributed by atoms with Crippen LogP contribution in [0.2, 0.25) is 0 Å². The smallest absolute Gasteiger partial charge is 0.326 e. The second-order valence-corrected chi connectivity index (χ2v) is 7.13. The van der Waals surface area contributed by atoms with E-state index >= 15 is 0 Å². The van der Waals surface area contributed by atoms with Gasteiger partial charge in [0.2, 0.25) is 5.91 Å². The zero-order valence-electron chi connectivity index (χ0n) is 12.7. The first-order valence-electron chi connectivity index (χ1n) is 7.76. The van der Waals surface area contributed by atoms with Crippen molar-refractivity contribution < 1.29 is 19.4 Å². The summed E-state index contributed by atoms with van der Waals surface area (Å²) in [6.45, 7) is 5.13. The molecule has 3 unspecified atom stereocenters. The van der Waals surface area contributed by atoms with E-state index in [0.29, 0.717) is 13.0 Å². The summed E-state index contributed by atoms with van der Waals surface area (Å²) in [5, 5.41) is 9.29. The lowest BCUT2D eigenvalue weighted by Crippen LogP contribution is -2.82. The van der Waals surface area contributed by atoms with Crippen LogP contribution in [0.5, 0.6) is 0 Å². The molecule has 0 bridgehead atoms. The monoisotopic (exact) mass is 296 g/mol. The Morgan fingerprint density at radius 1 is 1.29 bits per heavy atom. The van der Waals surface area contributed by atoms with Gasteiger partial charge in [-0.3, -0.25) is 4.79 Å². The van der Waals surface area contributed by atoms with E-state index in [1.54, 1.807) is 0 Å². The normalized spacial score (nSPS) is 41.3. The molecule has 0 spiro atoms. The molecule has 6 heteroatoms. The maximum atomic E-state index is 13.0. The van der Waals surface area contributed by atoms with Crippen molar-refractivity contribution in [3.8, 4) is 0 Å². The lowest BCUT2D eigenvalue weighted by molar-refractivity contribution is -0.230. The van der Waals surface area contributed by atoms with Crippen molar-refractivity contribution in [3.05, 3.63) is 0 Å². The molecule has 2 heterocycles. The van der Waals surface area contributed by atoms with Crippen LogP contribution in [0.15, 0.2) is 0 Å². The van der Waals surface area contributed by atoms with Crippen molar-refractivity contribution in [2.24, 2.45) is 17.1 Å². The molecular formula is C15H24N2O4. The summed E-state index contributed by atoms with van der Waals surface area (Å²) in [6.07, 6.45) is 3.03. The van der Waals surface area contributed by atoms with Crippen molar-refractivity contribution >= 4 is 11.9 Å². The van der Waals surface area contributed by atoms with Crippen LogP contribution in [0, 0.1) is 11.3 Å². The van der Waals surface area contributed by atoms with E-state index in [1.165, 1.54) is 4.90 Å². The summed E-state index contributed by atoms with van der Waals surface area (Å²) in [7, 11) is 0. The number of carboxylic acids is 1. The molecule has 118 valence electrons. The van der Waals surface area contributed by atoms with Gasteiger partial charge in [0.25, 0.3) is 0 Å². The molecule has 1 aliphatic carbocycles. The molecule has 0 radical (unpaired) electrons. The molecule has 3 fully saturated rings. The molecule has 3 aliphatic rings. The SMILES string of the molecule is CC1(C)C2OCCCC2C1(N)C(=O)N1CCC[C@@H]1C(=O)O. The minimum Gasteiger partial charge on any atom is -0.480 e. The molecule has 4 atom stereocenters. The zero-order chi connectivity index (χ0) is 15.4. The number of carboxylic acid groups (broad SMARTS) is 1. The van der Waals surface area contributed by atoms with E-state index in [0.717, 1.165) is 25.9 Å². The summed E-state index contributed by atoms with van der Waals surface area (Å²) in [6, 6.07) is -0.725. The van der Waals surface area contributed by atoms with Crippen molar-refractivity contribution in [2.45, 2.75) is 57.2 Å². The Morgan fingerprint density at radius 3 is 2.67 bits per heavy atom. The van der Waals surface area contributed by atoms with E-state index < -0.39 is 23.0 Å². The van der Waals surface area contributed by atoms with Crippen molar-refractivity contribution in [2.75, 3.05) is 13.2 Å². The van der Waals surface area contributed by atoms with E-state index in [-0.39, 0.29) is 17.9 Å². The van der Waals surface area contributed by atoms with E-state index in [2.05, 4.69) is 0 Å². The van der Waals surface area contributed by atoms with Crippen LogP contribution in [0.3, 0.4) is 0 Å². The second kappa shape index (κ2) is 4.68. The van der Waals surface area contributed by atoms with Crippen LogP contribution in [0.1, 0.15) is 39.5 Å². The maximum absolute atomic E-state index is 13.0. The van der Waals surface area contributed by atoms with Gasteiger partial charge in [0.1, 0.15) is 11.6 Å². The quantitative estimate of drug-likeness (QED) is 0.778. The van der Waals surface area contributed by atoms with Crippen molar-refractivity contribution in [3.63, 3.8) is 0 Å². The fraction of sp³-hybridized carbons (Fsp3) is 0.867. The summed E-state index contributed by atoms with van der Waals surface area (Å²) >= 11 is 0. The molecule has 3 rings (SSSR count). The molecule has 2 aliphatic heterocycles. The van der Waals surface area contributed by atoms with Crippen molar-refractivity contribution in [1.82, 2.24) is 4.90 Å². The molecule has 1 amide bonds. The standard InChI is InChI=1S/C15H24N2O4/c1-14(2)11-9(5-4-8-21-11)15(14,16)13(20)17-7-3-6-10(17)12(18)19/h9-11H,3-8,16H2,1-2H3,(H,18,19)/t9?,10-,11?,15?/m1/s1. The first-order chi connectivity index (χ1) is 9.81. The third-order valence-electron chi connectivity index (χ3n) is 5.84. The van der Waals surface area contributed by atoms with Crippen molar-refractivity contribution in [1.29, 1.82) is 0 Å². The number of carbonyl (C=O) groups is 2. The number of likely N-dealkylation sites (tertiary alicyclic amines) is 1. The summed E-state index contributed by atoms with van der Waals surface area (Å²) in [5.41, 5.74) is 5.10. The van der Waals surface area contributed by atoms with Gasteiger partial charge in [0, 0.05) is 24.5 Å². The number of hydrogen-bond acceptors (Lipinski definition) is 4. The fourth-order valence-electron chi connectivity index (χ4n) is 4.51. The Labute approximate surface area is 124 Å². The van der Waals surface area contributed by atoms with E-state index in [4.69, 9.17) is 10.5 Å².